The summed E-state index contributed by atoms with van der Waals surface area (Å²) in [5.74, 6) is 0. The lowest BCUT2D eigenvalue weighted by Crippen LogP contribution is -1.98. The van der Waals surface area contributed by atoms with Crippen LogP contribution in [0.3, 0.4) is 0 Å². The van der Waals surface area contributed by atoms with Crippen LogP contribution in [0.15, 0.2) is 164 Å². The zero-order valence-corrected chi connectivity index (χ0v) is 27.7. The van der Waals surface area contributed by atoms with Gasteiger partial charge >= 0.3 is 0 Å². The number of hydrogen-bond donors (Lipinski definition) is 0. The first kappa shape index (κ1) is 27.6. The lowest BCUT2D eigenvalue weighted by atomic mass is 9.99. The predicted octanol–water partition coefficient (Wildman–Crippen LogP) is 12.7. The summed E-state index contributed by atoms with van der Waals surface area (Å²) in [6.07, 6.45) is 0. The van der Waals surface area contributed by atoms with Crippen molar-refractivity contribution < 1.29 is 0 Å². The van der Waals surface area contributed by atoms with E-state index < -0.39 is 0 Å². The minimum absolute atomic E-state index is 0.883. The van der Waals surface area contributed by atoms with Gasteiger partial charge in [-0.1, -0.05) is 133 Å². The van der Waals surface area contributed by atoms with Crippen molar-refractivity contribution in [2.45, 2.75) is 0 Å². The van der Waals surface area contributed by atoms with Gasteiger partial charge < -0.3 is 4.57 Å². The summed E-state index contributed by atoms with van der Waals surface area (Å²) in [5.41, 5.74) is 9.23. The first-order chi connectivity index (χ1) is 24.8. The standard InChI is InChI=1S/C46H27N3S/c1-3-13-29(14-4-1)42-43(30-15-5-2-6-16-30)48-44-36-27-31(25-23-28(36)24-26-37(44)47-42)49-38-21-11-9-19-34(38)40-32-17-7-8-18-33(32)41-35-20-10-12-22-39(35)50-46(41)45(40)49/h1-27H. The number of nitrogens with zero attached hydrogens (tertiary/aromatic N) is 3. The Morgan fingerprint density at radius 2 is 1.06 bits per heavy atom. The smallest absolute Gasteiger partial charge is 0.0973 e. The normalized spacial score (nSPS) is 12.0. The Morgan fingerprint density at radius 1 is 0.460 bits per heavy atom. The first-order valence-corrected chi connectivity index (χ1v) is 17.7. The average Bonchev–Trinajstić information content (AvgIpc) is 3.75. The second-order valence-electron chi connectivity index (χ2n) is 12.9. The van der Waals surface area contributed by atoms with E-state index in [2.05, 4.69) is 156 Å². The zero-order valence-electron chi connectivity index (χ0n) is 26.8. The van der Waals surface area contributed by atoms with Crippen molar-refractivity contribution in [1.29, 1.82) is 0 Å². The van der Waals surface area contributed by atoms with Crippen LogP contribution in [0.4, 0.5) is 0 Å². The van der Waals surface area contributed by atoms with Crippen LogP contribution in [-0.4, -0.2) is 14.5 Å². The number of rotatable bonds is 3. The number of aromatic nitrogens is 3. The molecule has 3 heterocycles. The van der Waals surface area contributed by atoms with Gasteiger partial charge in [0, 0.05) is 48.4 Å². The Balaban J connectivity index is 1.27. The first-order valence-electron chi connectivity index (χ1n) is 16.9. The largest absolute Gasteiger partial charge is 0.308 e. The summed E-state index contributed by atoms with van der Waals surface area (Å²) < 4.78 is 5.10. The molecule has 0 N–H and O–H groups in total. The van der Waals surface area contributed by atoms with Gasteiger partial charge in [0.05, 0.1) is 38.2 Å². The molecule has 0 spiro atoms. The third-order valence-electron chi connectivity index (χ3n) is 10.1. The third kappa shape index (κ3) is 3.91. The fourth-order valence-electron chi connectivity index (χ4n) is 7.95. The SMILES string of the molecule is c1ccc(-c2nc3ccc4ccc(-n5c6ccccc6c6c7ccccc7c7c8ccccc8sc7c65)cc4c3nc2-c2ccccc2)cc1. The molecule has 50 heavy (non-hydrogen) atoms. The molecule has 0 fully saturated rings. The molecule has 0 radical (unpaired) electrons. The van der Waals surface area contributed by atoms with E-state index in [-0.39, 0.29) is 0 Å². The fourth-order valence-corrected chi connectivity index (χ4v) is 9.21. The van der Waals surface area contributed by atoms with E-state index in [1.54, 1.807) is 0 Å². The summed E-state index contributed by atoms with van der Waals surface area (Å²) in [6, 6.07) is 58.5. The van der Waals surface area contributed by atoms with Gasteiger partial charge in [-0.15, -0.1) is 11.3 Å². The van der Waals surface area contributed by atoms with Gasteiger partial charge in [-0.3, -0.25) is 0 Å². The number of hydrogen-bond acceptors (Lipinski definition) is 3. The monoisotopic (exact) mass is 653 g/mol. The van der Waals surface area contributed by atoms with E-state index in [1.807, 2.05) is 23.5 Å². The molecule has 3 nitrogen and oxygen atoms in total. The van der Waals surface area contributed by atoms with Crippen LogP contribution in [0.25, 0.3) is 103 Å². The number of fused-ring (bicyclic) bond motifs is 13. The molecule has 4 heteroatoms. The van der Waals surface area contributed by atoms with Crippen LogP contribution in [0, 0.1) is 0 Å². The second kappa shape index (κ2) is 10.6. The molecule has 0 amide bonds. The number of para-hydroxylation sites is 1. The molecule has 0 unspecified atom stereocenters. The summed E-state index contributed by atoms with van der Waals surface area (Å²) in [5, 5.41) is 10.0. The van der Waals surface area contributed by atoms with Crippen LogP contribution in [0.1, 0.15) is 0 Å². The molecular formula is C46H27N3S. The fraction of sp³-hybridized carbons (Fsp3) is 0. The summed E-state index contributed by atoms with van der Waals surface area (Å²) in [7, 11) is 0. The van der Waals surface area contributed by atoms with Crippen molar-refractivity contribution in [3.63, 3.8) is 0 Å². The highest BCUT2D eigenvalue weighted by Crippen LogP contribution is 2.48. The molecule has 0 bridgehead atoms. The minimum atomic E-state index is 0.883. The van der Waals surface area contributed by atoms with E-state index in [0.29, 0.717) is 0 Å². The summed E-state index contributed by atoms with van der Waals surface area (Å²) >= 11 is 1.89. The predicted molar refractivity (Wildman–Crippen MR) is 213 cm³/mol. The van der Waals surface area contributed by atoms with Crippen LogP contribution < -0.4 is 0 Å². The van der Waals surface area contributed by atoms with Crippen molar-refractivity contribution in [2.75, 3.05) is 0 Å². The Bertz CT molecular complexity index is 3140. The zero-order chi connectivity index (χ0) is 32.8. The number of benzene rings is 8. The molecule has 8 aromatic carbocycles. The maximum absolute atomic E-state index is 5.45. The van der Waals surface area contributed by atoms with Crippen molar-refractivity contribution in [1.82, 2.24) is 14.5 Å². The molecule has 11 rings (SSSR count). The lowest BCUT2D eigenvalue weighted by Gasteiger charge is -2.14. The Hall–Kier alpha value is -6.36. The van der Waals surface area contributed by atoms with E-state index in [1.165, 1.54) is 52.8 Å². The van der Waals surface area contributed by atoms with Crippen LogP contribution in [-0.2, 0) is 0 Å². The highest BCUT2D eigenvalue weighted by atomic mass is 32.1. The van der Waals surface area contributed by atoms with Crippen molar-refractivity contribution in [3.05, 3.63) is 164 Å². The molecular weight excluding hydrogens is 627 g/mol. The molecule has 232 valence electrons. The molecule has 11 aromatic rings. The topological polar surface area (TPSA) is 30.7 Å². The van der Waals surface area contributed by atoms with Crippen molar-refractivity contribution in [3.8, 4) is 28.2 Å². The molecule has 0 saturated carbocycles. The van der Waals surface area contributed by atoms with Gasteiger partial charge in [-0.05, 0) is 46.5 Å². The van der Waals surface area contributed by atoms with E-state index >= 15 is 0 Å². The lowest BCUT2D eigenvalue weighted by molar-refractivity contribution is 1.19. The number of thiophene rings is 1. The summed E-state index contributed by atoms with van der Waals surface area (Å²) in [4.78, 5) is 10.7. The van der Waals surface area contributed by atoms with E-state index in [4.69, 9.17) is 9.97 Å². The third-order valence-corrected chi connectivity index (χ3v) is 11.3. The highest BCUT2D eigenvalue weighted by Gasteiger charge is 2.22. The van der Waals surface area contributed by atoms with E-state index in [0.717, 1.165) is 50.0 Å². The molecule has 0 aliphatic carbocycles. The Labute approximate surface area is 291 Å². The second-order valence-corrected chi connectivity index (χ2v) is 14.0. The highest BCUT2D eigenvalue weighted by molar-refractivity contribution is 7.27. The van der Waals surface area contributed by atoms with Crippen LogP contribution in [0.5, 0.6) is 0 Å². The van der Waals surface area contributed by atoms with Gasteiger partial charge in [0.25, 0.3) is 0 Å². The van der Waals surface area contributed by atoms with Gasteiger partial charge in [0.15, 0.2) is 0 Å². The molecule has 0 aliphatic rings. The van der Waals surface area contributed by atoms with Crippen molar-refractivity contribution >= 4 is 85.9 Å². The minimum Gasteiger partial charge on any atom is -0.308 e. The Kier molecular flexibility index (Phi) is 5.83. The molecule has 3 aromatic heterocycles. The van der Waals surface area contributed by atoms with Gasteiger partial charge in [0.2, 0.25) is 0 Å². The van der Waals surface area contributed by atoms with Gasteiger partial charge in [0.1, 0.15) is 0 Å². The Morgan fingerprint density at radius 3 is 1.82 bits per heavy atom. The maximum Gasteiger partial charge on any atom is 0.0973 e. The average molecular weight is 654 g/mol. The maximum atomic E-state index is 5.45. The van der Waals surface area contributed by atoms with Crippen molar-refractivity contribution in [2.24, 2.45) is 0 Å². The molecule has 0 saturated heterocycles. The molecule has 0 aliphatic heterocycles. The molecule has 0 atom stereocenters. The van der Waals surface area contributed by atoms with Gasteiger partial charge in [-0.2, -0.15) is 0 Å². The quantitative estimate of drug-likeness (QED) is 0.178. The van der Waals surface area contributed by atoms with Gasteiger partial charge in [-0.25, -0.2) is 9.97 Å². The van der Waals surface area contributed by atoms with Crippen LogP contribution >= 0.6 is 11.3 Å². The summed E-state index contributed by atoms with van der Waals surface area (Å²) in [6.45, 7) is 0. The van der Waals surface area contributed by atoms with E-state index in [9.17, 15) is 0 Å². The van der Waals surface area contributed by atoms with Crippen LogP contribution in [0.2, 0.25) is 0 Å².